The normalized spacial score (nSPS) is 11.1. The Morgan fingerprint density at radius 3 is 2.25 bits per heavy atom. The lowest BCUT2D eigenvalue weighted by atomic mass is 10.2. The van der Waals surface area contributed by atoms with Gasteiger partial charge in [0.25, 0.3) is 15.9 Å². The number of methoxy groups -OCH3 is 1. The summed E-state index contributed by atoms with van der Waals surface area (Å²) in [5.74, 6) is 0.362. The molecule has 2 aromatic carbocycles. The summed E-state index contributed by atoms with van der Waals surface area (Å²) in [6.07, 6.45) is 0. The maximum Gasteiger partial charge on any atom is 0.265 e. The molecule has 0 bridgehead atoms. The van der Waals surface area contributed by atoms with Crippen LogP contribution in [0, 0.1) is 13.8 Å². The largest absolute Gasteiger partial charge is 0.497 e. The molecule has 1 amide bonds. The van der Waals surface area contributed by atoms with E-state index >= 15 is 0 Å². The minimum absolute atomic E-state index is 0.100. The van der Waals surface area contributed by atoms with Gasteiger partial charge in [-0.2, -0.15) is 0 Å². The van der Waals surface area contributed by atoms with Crippen LogP contribution in [0.25, 0.3) is 0 Å². The molecule has 0 saturated heterocycles. The number of sulfonamides is 1. The number of rotatable bonds is 6. The molecule has 0 saturated carbocycles. The number of hydrogen-bond acceptors (Lipinski definition) is 5. The van der Waals surface area contributed by atoms with Crippen LogP contribution < -0.4 is 14.8 Å². The number of anilines is 2. The van der Waals surface area contributed by atoms with Gasteiger partial charge in [-0.15, -0.1) is 11.3 Å². The van der Waals surface area contributed by atoms with Crippen LogP contribution in [0.5, 0.6) is 5.75 Å². The van der Waals surface area contributed by atoms with Gasteiger partial charge >= 0.3 is 0 Å². The van der Waals surface area contributed by atoms with Gasteiger partial charge in [-0.1, -0.05) is 6.07 Å². The van der Waals surface area contributed by atoms with E-state index in [2.05, 4.69) is 10.0 Å². The summed E-state index contributed by atoms with van der Waals surface area (Å²) >= 11 is 1.38. The van der Waals surface area contributed by atoms with Gasteiger partial charge in [0.2, 0.25) is 0 Å². The lowest BCUT2D eigenvalue weighted by Gasteiger charge is -2.13. The van der Waals surface area contributed by atoms with E-state index in [4.69, 9.17) is 4.74 Å². The van der Waals surface area contributed by atoms with Gasteiger partial charge in [0.1, 0.15) is 5.75 Å². The number of hydrogen-bond donors (Lipinski definition) is 2. The molecule has 1 heterocycles. The minimum atomic E-state index is -3.82. The Labute approximate surface area is 168 Å². The number of carbonyl (C=O) groups is 1. The molecule has 0 unspecified atom stereocenters. The summed E-state index contributed by atoms with van der Waals surface area (Å²) in [6, 6.07) is 15.0. The van der Waals surface area contributed by atoms with Crippen molar-refractivity contribution in [1.82, 2.24) is 0 Å². The van der Waals surface area contributed by atoms with Gasteiger partial charge in [0.15, 0.2) is 0 Å². The summed E-state index contributed by atoms with van der Waals surface area (Å²) < 4.78 is 33.3. The molecule has 0 atom stereocenters. The van der Waals surface area contributed by atoms with Crippen molar-refractivity contribution in [1.29, 1.82) is 0 Å². The number of amides is 1. The lowest BCUT2D eigenvalue weighted by Crippen LogP contribution is -2.16. The highest BCUT2D eigenvalue weighted by Gasteiger charge is 2.19. The van der Waals surface area contributed by atoms with Crippen molar-refractivity contribution in [2.45, 2.75) is 18.7 Å². The van der Waals surface area contributed by atoms with E-state index in [1.807, 2.05) is 13.0 Å². The van der Waals surface area contributed by atoms with Crippen molar-refractivity contribution in [3.8, 4) is 5.75 Å². The van der Waals surface area contributed by atoms with Crippen molar-refractivity contribution in [3.05, 3.63) is 69.9 Å². The van der Waals surface area contributed by atoms with Crippen molar-refractivity contribution in [2.24, 2.45) is 0 Å². The number of carbonyl (C=O) groups excluding carboxylic acids is 1. The van der Waals surface area contributed by atoms with Crippen LogP contribution in [0.1, 0.15) is 20.1 Å². The maximum atomic E-state index is 12.8. The minimum Gasteiger partial charge on any atom is -0.497 e. The number of thiophene rings is 1. The molecule has 6 nitrogen and oxygen atoms in total. The van der Waals surface area contributed by atoms with Gasteiger partial charge in [-0.25, -0.2) is 8.42 Å². The second-order valence-corrected chi connectivity index (χ2v) is 9.12. The molecule has 0 aliphatic heterocycles. The summed E-state index contributed by atoms with van der Waals surface area (Å²) in [5.41, 5.74) is 1.41. The molecule has 0 fully saturated rings. The Hall–Kier alpha value is -2.84. The fraction of sp³-hybridized carbons (Fsp3) is 0.150. The quantitative estimate of drug-likeness (QED) is 0.623. The highest BCUT2D eigenvalue weighted by atomic mass is 32.2. The number of nitrogens with one attached hydrogen (secondary N) is 2. The SMILES string of the molecule is COc1ccc(NS(=O)(=O)c2cc(NC(=O)c3ccc(C)s3)ccc2C)cc1. The molecule has 2 N–H and O–H groups in total. The predicted octanol–water partition coefficient (Wildman–Crippen LogP) is 4.43. The fourth-order valence-electron chi connectivity index (χ4n) is 2.59. The van der Waals surface area contributed by atoms with Gasteiger partial charge in [0, 0.05) is 16.3 Å². The van der Waals surface area contributed by atoms with Crippen LogP contribution in [-0.4, -0.2) is 21.4 Å². The van der Waals surface area contributed by atoms with Crippen LogP contribution >= 0.6 is 11.3 Å². The molecule has 146 valence electrons. The third-order valence-electron chi connectivity index (χ3n) is 4.04. The Kier molecular flexibility index (Phi) is 5.71. The fourth-order valence-corrected chi connectivity index (χ4v) is 4.68. The van der Waals surface area contributed by atoms with E-state index in [-0.39, 0.29) is 10.8 Å². The molecule has 0 radical (unpaired) electrons. The third-order valence-corrected chi connectivity index (χ3v) is 6.56. The van der Waals surface area contributed by atoms with Crippen LogP contribution in [0.15, 0.2) is 59.5 Å². The Morgan fingerprint density at radius 2 is 1.64 bits per heavy atom. The molecule has 0 aliphatic carbocycles. The first-order valence-electron chi connectivity index (χ1n) is 8.44. The van der Waals surface area contributed by atoms with Crippen LogP contribution in [0.4, 0.5) is 11.4 Å². The van der Waals surface area contributed by atoms with Crippen LogP contribution in [0.2, 0.25) is 0 Å². The molecule has 3 aromatic rings. The van der Waals surface area contributed by atoms with Gasteiger partial charge < -0.3 is 10.1 Å². The third kappa shape index (κ3) is 4.52. The highest BCUT2D eigenvalue weighted by molar-refractivity contribution is 7.92. The zero-order valence-electron chi connectivity index (χ0n) is 15.6. The molecular formula is C20H20N2O4S2. The number of benzene rings is 2. The topological polar surface area (TPSA) is 84.5 Å². The zero-order chi connectivity index (χ0) is 20.3. The van der Waals surface area contributed by atoms with Crippen molar-refractivity contribution in [2.75, 3.05) is 17.1 Å². The molecule has 0 spiro atoms. The molecular weight excluding hydrogens is 396 g/mol. The van der Waals surface area contributed by atoms with Crippen molar-refractivity contribution in [3.63, 3.8) is 0 Å². The second kappa shape index (κ2) is 8.04. The van der Waals surface area contributed by atoms with Crippen molar-refractivity contribution < 1.29 is 17.9 Å². The van der Waals surface area contributed by atoms with Crippen molar-refractivity contribution >= 4 is 38.6 Å². The molecule has 0 aliphatic rings. The Balaban J connectivity index is 1.84. The maximum absolute atomic E-state index is 12.8. The molecule has 3 rings (SSSR count). The van der Waals surface area contributed by atoms with Crippen LogP contribution in [0.3, 0.4) is 0 Å². The summed E-state index contributed by atoms with van der Waals surface area (Å²) in [5, 5.41) is 2.75. The monoisotopic (exact) mass is 416 g/mol. The first-order valence-corrected chi connectivity index (χ1v) is 10.7. The van der Waals surface area contributed by atoms with E-state index in [9.17, 15) is 13.2 Å². The van der Waals surface area contributed by atoms with E-state index in [0.29, 0.717) is 27.6 Å². The van der Waals surface area contributed by atoms with Gasteiger partial charge in [0.05, 0.1) is 16.9 Å². The van der Waals surface area contributed by atoms with E-state index in [1.54, 1.807) is 56.5 Å². The lowest BCUT2D eigenvalue weighted by molar-refractivity contribution is 0.103. The average Bonchev–Trinajstić information content (AvgIpc) is 3.10. The molecule has 8 heteroatoms. The second-order valence-electron chi connectivity index (χ2n) is 6.18. The van der Waals surface area contributed by atoms with Gasteiger partial charge in [-0.3, -0.25) is 9.52 Å². The number of aryl methyl sites for hydroxylation is 2. The summed E-state index contributed by atoms with van der Waals surface area (Å²) in [4.78, 5) is 14.0. The van der Waals surface area contributed by atoms with Gasteiger partial charge in [-0.05, 0) is 67.9 Å². The zero-order valence-corrected chi connectivity index (χ0v) is 17.3. The predicted molar refractivity (Wildman–Crippen MR) is 112 cm³/mol. The summed E-state index contributed by atoms with van der Waals surface area (Å²) in [7, 11) is -2.28. The smallest absolute Gasteiger partial charge is 0.265 e. The first-order chi connectivity index (χ1) is 13.3. The number of ether oxygens (including phenoxy) is 1. The highest BCUT2D eigenvalue weighted by Crippen LogP contribution is 2.25. The Bertz CT molecular complexity index is 1100. The van der Waals surface area contributed by atoms with E-state index in [1.165, 1.54) is 17.4 Å². The first kappa shape index (κ1) is 19.9. The average molecular weight is 417 g/mol. The van der Waals surface area contributed by atoms with Crippen LogP contribution in [-0.2, 0) is 10.0 Å². The van der Waals surface area contributed by atoms with E-state index in [0.717, 1.165) is 4.88 Å². The molecule has 1 aromatic heterocycles. The molecule has 28 heavy (non-hydrogen) atoms. The Morgan fingerprint density at radius 1 is 0.964 bits per heavy atom. The summed E-state index contributed by atoms with van der Waals surface area (Å²) in [6.45, 7) is 3.62. The van der Waals surface area contributed by atoms with E-state index < -0.39 is 10.0 Å². The standard InChI is InChI=1S/C20H20N2O4S2/c1-13-4-6-16(21-20(23)18-11-5-14(2)27-18)12-19(13)28(24,25)22-15-7-9-17(26-3)10-8-15/h4-12,22H,1-3H3,(H,21,23).